The summed E-state index contributed by atoms with van der Waals surface area (Å²) in [4.78, 5) is 36.4. The van der Waals surface area contributed by atoms with E-state index in [1.54, 1.807) is 44.2 Å². The molecule has 0 fully saturated rings. The van der Waals surface area contributed by atoms with E-state index in [0.29, 0.717) is 16.0 Å². The molecule has 0 bridgehead atoms. The lowest BCUT2D eigenvalue weighted by Crippen LogP contribution is -2.33. The summed E-state index contributed by atoms with van der Waals surface area (Å²) in [6.45, 7) is 3.59. The summed E-state index contributed by atoms with van der Waals surface area (Å²) in [5.41, 5.74) is -0.346. The van der Waals surface area contributed by atoms with Gasteiger partial charge in [-0.2, -0.15) is 0 Å². The van der Waals surface area contributed by atoms with Gasteiger partial charge in [0.05, 0.1) is 5.56 Å². The van der Waals surface area contributed by atoms with Crippen molar-refractivity contribution in [2.75, 3.05) is 0 Å². The first kappa shape index (κ1) is 18.7. The number of amides is 1. The molecule has 2 aromatic carbocycles. The zero-order valence-electron chi connectivity index (χ0n) is 14.6. The van der Waals surface area contributed by atoms with Gasteiger partial charge in [-0.15, -0.1) is 0 Å². The Kier molecular flexibility index (Phi) is 5.28. The maximum Gasteiger partial charge on any atom is 0.349 e. The molecular weight excluding hydrogens is 370 g/mol. The highest BCUT2D eigenvalue weighted by Gasteiger charge is 2.15. The molecule has 0 saturated heterocycles. The van der Waals surface area contributed by atoms with E-state index in [1.165, 1.54) is 18.2 Å². The van der Waals surface area contributed by atoms with Crippen molar-refractivity contribution in [3.63, 3.8) is 0 Å². The molecule has 0 aliphatic rings. The fraction of sp³-hybridized carbons (Fsp3) is 0.150. The van der Waals surface area contributed by atoms with Gasteiger partial charge in [0.1, 0.15) is 16.9 Å². The van der Waals surface area contributed by atoms with Gasteiger partial charge in [0.15, 0.2) is 0 Å². The highest BCUT2D eigenvalue weighted by molar-refractivity contribution is 6.30. The van der Waals surface area contributed by atoms with E-state index in [-0.39, 0.29) is 22.9 Å². The van der Waals surface area contributed by atoms with Crippen LogP contribution in [-0.4, -0.2) is 17.9 Å². The summed E-state index contributed by atoms with van der Waals surface area (Å²) < 4.78 is 10.5. The summed E-state index contributed by atoms with van der Waals surface area (Å²) in [5, 5.41) is 3.60. The zero-order chi connectivity index (χ0) is 19.6. The number of hydrogen-bond donors (Lipinski definition) is 1. The van der Waals surface area contributed by atoms with Gasteiger partial charge in [-0.25, -0.2) is 9.59 Å². The second-order valence-electron chi connectivity index (χ2n) is 6.18. The van der Waals surface area contributed by atoms with Gasteiger partial charge in [0, 0.05) is 22.5 Å². The average Bonchev–Trinajstić information content (AvgIpc) is 2.60. The minimum Gasteiger partial charge on any atom is -0.423 e. The summed E-state index contributed by atoms with van der Waals surface area (Å²) in [6, 6.07) is 12.3. The van der Waals surface area contributed by atoms with Crippen LogP contribution in [-0.2, 0) is 0 Å². The topological polar surface area (TPSA) is 85.6 Å². The van der Waals surface area contributed by atoms with E-state index in [4.69, 9.17) is 20.8 Å². The summed E-state index contributed by atoms with van der Waals surface area (Å²) in [6.07, 6.45) is 0. The van der Waals surface area contributed by atoms with Gasteiger partial charge in [0.25, 0.3) is 5.91 Å². The Morgan fingerprint density at radius 3 is 2.59 bits per heavy atom. The molecule has 7 heteroatoms. The van der Waals surface area contributed by atoms with E-state index < -0.39 is 17.5 Å². The number of nitrogens with one attached hydrogen (secondary N) is 1. The number of ether oxygens (including phenoxy) is 1. The first-order valence-electron chi connectivity index (χ1n) is 8.20. The van der Waals surface area contributed by atoms with Crippen molar-refractivity contribution in [1.82, 2.24) is 5.32 Å². The minimum atomic E-state index is -0.765. The summed E-state index contributed by atoms with van der Waals surface area (Å²) in [7, 11) is 0. The number of hydrogen-bond acceptors (Lipinski definition) is 5. The van der Waals surface area contributed by atoms with Crippen LogP contribution in [0.15, 0.2) is 57.7 Å². The predicted molar refractivity (Wildman–Crippen MR) is 101 cm³/mol. The Hall–Kier alpha value is -3.12. The van der Waals surface area contributed by atoms with E-state index in [2.05, 4.69) is 5.32 Å². The Labute approximate surface area is 159 Å². The van der Waals surface area contributed by atoms with Crippen LogP contribution in [0.2, 0.25) is 5.02 Å². The number of carbonyl (C=O) groups excluding carboxylic acids is 2. The first-order chi connectivity index (χ1) is 12.8. The maximum atomic E-state index is 12.2. The lowest BCUT2D eigenvalue weighted by atomic mass is 10.1. The minimum absolute atomic E-state index is 0.0835. The number of carbonyl (C=O) groups is 2. The highest BCUT2D eigenvalue weighted by Crippen LogP contribution is 2.22. The SMILES string of the molecule is CC(C)NC(=O)c1cc2ccc(OC(=O)c3cccc(Cl)c3)cc2oc1=O. The molecule has 3 aromatic rings. The quantitative estimate of drug-likeness (QED) is 0.419. The monoisotopic (exact) mass is 385 g/mol. The van der Waals surface area contributed by atoms with Crippen LogP contribution in [0.5, 0.6) is 5.75 Å². The molecule has 3 rings (SSSR count). The van der Waals surface area contributed by atoms with Crippen LogP contribution in [0.25, 0.3) is 11.0 Å². The smallest absolute Gasteiger partial charge is 0.349 e. The standard InChI is InChI=1S/C20H16ClNO5/c1-11(2)22-18(23)16-9-12-6-7-15(10-17(12)27-20(16)25)26-19(24)13-4-3-5-14(21)8-13/h3-11H,1-2H3,(H,22,23). The van der Waals surface area contributed by atoms with E-state index >= 15 is 0 Å². The van der Waals surface area contributed by atoms with Gasteiger partial charge in [-0.3, -0.25) is 4.79 Å². The molecule has 27 heavy (non-hydrogen) atoms. The average molecular weight is 386 g/mol. The third-order valence-electron chi connectivity index (χ3n) is 3.64. The molecule has 0 unspecified atom stereocenters. The molecule has 0 aliphatic carbocycles. The molecular formula is C20H16ClNO5. The van der Waals surface area contributed by atoms with Crippen molar-refractivity contribution in [2.45, 2.75) is 19.9 Å². The summed E-state index contributed by atoms with van der Waals surface area (Å²) >= 11 is 5.87. The van der Waals surface area contributed by atoms with Gasteiger partial charge in [-0.05, 0) is 50.2 Å². The Morgan fingerprint density at radius 2 is 1.89 bits per heavy atom. The maximum absolute atomic E-state index is 12.2. The van der Waals surface area contributed by atoms with Gasteiger partial charge < -0.3 is 14.5 Å². The number of esters is 1. The van der Waals surface area contributed by atoms with E-state index in [0.717, 1.165) is 0 Å². The highest BCUT2D eigenvalue weighted by atomic mass is 35.5. The van der Waals surface area contributed by atoms with Crippen LogP contribution in [0, 0.1) is 0 Å². The second kappa shape index (κ2) is 7.63. The van der Waals surface area contributed by atoms with Crippen molar-refractivity contribution >= 4 is 34.4 Å². The van der Waals surface area contributed by atoms with Crippen molar-refractivity contribution in [1.29, 1.82) is 0 Å². The first-order valence-corrected chi connectivity index (χ1v) is 8.58. The van der Waals surface area contributed by atoms with Gasteiger partial charge >= 0.3 is 11.6 Å². The fourth-order valence-corrected chi connectivity index (χ4v) is 2.62. The Balaban J connectivity index is 1.88. The molecule has 1 N–H and O–H groups in total. The Bertz CT molecular complexity index is 1090. The van der Waals surface area contributed by atoms with E-state index in [1.807, 2.05) is 0 Å². The molecule has 0 spiro atoms. The van der Waals surface area contributed by atoms with Crippen LogP contribution in [0.3, 0.4) is 0 Å². The molecule has 0 saturated carbocycles. The van der Waals surface area contributed by atoms with Crippen LogP contribution in [0.4, 0.5) is 0 Å². The molecule has 0 aliphatic heterocycles. The second-order valence-corrected chi connectivity index (χ2v) is 6.61. The molecule has 0 radical (unpaired) electrons. The van der Waals surface area contributed by atoms with Crippen LogP contribution in [0.1, 0.15) is 34.6 Å². The largest absolute Gasteiger partial charge is 0.423 e. The third kappa shape index (κ3) is 4.35. The fourth-order valence-electron chi connectivity index (χ4n) is 2.43. The molecule has 1 aromatic heterocycles. The third-order valence-corrected chi connectivity index (χ3v) is 3.88. The summed E-state index contributed by atoms with van der Waals surface area (Å²) in [5.74, 6) is -0.890. The number of halogens is 1. The van der Waals surface area contributed by atoms with Crippen LogP contribution >= 0.6 is 11.6 Å². The lowest BCUT2D eigenvalue weighted by molar-refractivity contribution is 0.0734. The van der Waals surface area contributed by atoms with Crippen LogP contribution < -0.4 is 15.7 Å². The van der Waals surface area contributed by atoms with Crippen molar-refractivity contribution < 1.29 is 18.7 Å². The molecule has 1 heterocycles. The Morgan fingerprint density at radius 1 is 1.11 bits per heavy atom. The van der Waals surface area contributed by atoms with Gasteiger partial charge in [0.2, 0.25) is 0 Å². The lowest BCUT2D eigenvalue weighted by Gasteiger charge is -2.08. The number of benzene rings is 2. The predicted octanol–water partition coefficient (Wildman–Crippen LogP) is 3.80. The number of fused-ring (bicyclic) bond motifs is 1. The van der Waals surface area contributed by atoms with E-state index in [9.17, 15) is 14.4 Å². The molecule has 138 valence electrons. The normalized spacial score (nSPS) is 10.8. The molecule has 6 nitrogen and oxygen atoms in total. The molecule has 1 amide bonds. The van der Waals surface area contributed by atoms with Crippen molar-refractivity contribution in [3.05, 3.63) is 75.1 Å². The van der Waals surface area contributed by atoms with Gasteiger partial charge in [-0.1, -0.05) is 17.7 Å². The van der Waals surface area contributed by atoms with Crippen molar-refractivity contribution in [2.24, 2.45) is 0 Å². The zero-order valence-corrected chi connectivity index (χ0v) is 15.4. The molecule has 0 atom stereocenters. The number of rotatable bonds is 4. The van der Waals surface area contributed by atoms with Crippen molar-refractivity contribution in [3.8, 4) is 5.75 Å².